The third kappa shape index (κ3) is 3.31. The molecule has 0 bridgehead atoms. The molecule has 1 aromatic carbocycles. The monoisotopic (exact) mass is 309 g/mol. The number of sulfonamides is 1. The number of nitrogens with zero attached hydrogens (tertiary/aromatic N) is 2. The van der Waals surface area contributed by atoms with Crippen molar-refractivity contribution in [1.29, 1.82) is 0 Å². The third-order valence-electron chi connectivity index (χ3n) is 3.17. The zero-order valence-electron chi connectivity index (χ0n) is 12.0. The van der Waals surface area contributed by atoms with Crippen LogP contribution >= 0.6 is 0 Å². The highest BCUT2D eigenvalue weighted by Crippen LogP contribution is 2.22. The van der Waals surface area contributed by atoms with Gasteiger partial charge < -0.3 is 5.11 Å². The minimum absolute atomic E-state index is 0.0466. The van der Waals surface area contributed by atoms with E-state index in [1.807, 2.05) is 44.2 Å². The topological polar surface area (TPSA) is 86.3 Å². The molecule has 0 atom stereocenters. The number of aliphatic hydroxyl groups excluding tert-OH is 1. The average Bonchev–Trinajstić information content (AvgIpc) is 2.94. The van der Waals surface area contributed by atoms with Crippen molar-refractivity contribution >= 4 is 10.0 Å². The van der Waals surface area contributed by atoms with Gasteiger partial charge in [0.05, 0.1) is 12.8 Å². The number of H-pyrrole nitrogens is 1. The first-order chi connectivity index (χ1) is 9.96. The van der Waals surface area contributed by atoms with E-state index in [2.05, 4.69) is 10.2 Å². The lowest BCUT2D eigenvalue weighted by Gasteiger charge is -2.25. The van der Waals surface area contributed by atoms with Crippen LogP contribution < -0.4 is 0 Å². The van der Waals surface area contributed by atoms with Crippen molar-refractivity contribution in [2.45, 2.75) is 38.1 Å². The van der Waals surface area contributed by atoms with Crippen molar-refractivity contribution in [2.24, 2.45) is 0 Å². The average molecular weight is 309 g/mol. The van der Waals surface area contributed by atoms with E-state index in [-0.39, 0.29) is 29.8 Å². The smallest absolute Gasteiger partial charge is 0.260 e. The van der Waals surface area contributed by atoms with E-state index in [9.17, 15) is 13.5 Å². The van der Waals surface area contributed by atoms with E-state index in [4.69, 9.17) is 0 Å². The maximum absolute atomic E-state index is 12.8. The van der Waals surface area contributed by atoms with Crippen molar-refractivity contribution in [3.63, 3.8) is 0 Å². The molecule has 0 saturated carbocycles. The summed E-state index contributed by atoms with van der Waals surface area (Å²) in [5.41, 5.74) is 1.17. The molecule has 1 aromatic heterocycles. The second-order valence-electron chi connectivity index (χ2n) is 5.01. The Morgan fingerprint density at radius 1 is 1.29 bits per heavy atom. The first kappa shape index (κ1) is 15.7. The van der Waals surface area contributed by atoms with E-state index in [0.717, 1.165) is 5.56 Å². The van der Waals surface area contributed by atoms with Crippen LogP contribution in [-0.2, 0) is 23.2 Å². The first-order valence-electron chi connectivity index (χ1n) is 6.65. The van der Waals surface area contributed by atoms with Crippen LogP contribution in [0.1, 0.15) is 25.0 Å². The Bertz CT molecular complexity index is 680. The van der Waals surface area contributed by atoms with Crippen LogP contribution in [0.5, 0.6) is 0 Å². The van der Waals surface area contributed by atoms with E-state index in [0.29, 0.717) is 0 Å². The summed E-state index contributed by atoms with van der Waals surface area (Å²) in [6.45, 7) is 3.53. The van der Waals surface area contributed by atoms with Gasteiger partial charge in [-0.1, -0.05) is 30.3 Å². The second-order valence-corrected chi connectivity index (χ2v) is 6.84. The van der Waals surface area contributed by atoms with E-state index < -0.39 is 10.0 Å². The zero-order chi connectivity index (χ0) is 15.5. The maximum Gasteiger partial charge on any atom is 0.260 e. The van der Waals surface area contributed by atoms with Crippen molar-refractivity contribution in [3.8, 4) is 0 Å². The number of hydrogen-bond acceptors (Lipinski definition) is 4. The summed E-state index contributed by atoms with van der Waals surface area (Å²) in [6, 6.07) is 9.17. The van der Waals surface area contributed by atoms with Crippen LogP contribution in [0, 0.1) is 0 Å². The molecule has 21 heavy (non-hydrogen) atoms. The molecule has 7 heteroatoms. The summed E-state index contributed by atoms with van der Waals surface area (Å²) in [6.07, 6.45) is 1.33. The highest BCUT2D eigenvalue weighted by atomic mass is 32.2. The van der Waals surface area contributed by atoms with E-state index in [1.54, 1.807) is 0 Å². The van der Waals surface area contributed by atoms with Gasteiger partial charge in [0.15, 0.2) is 5.03 Å². The highest BCUT2D eigenvalue weighted by molar-refractivity contribution is 7.89. The molecule has 2 aromatic rings. The molecule has 0 aliphatic rings. The molecule has 1 heterocycles. The Labute approximate surface area is 124 Å². The minimum atomic E-state index is -3.74. The fourth-order valence-corrected chi connectivity index (χ4v) is 3.79. The summed E-state index contributed by atoms with van der Waals surface area (Å²) in [5, 5.41) is 15.4. The number of hydrogen-bond donors (Lipinski definition) is 2. The number of aliphatic hydroxyl groups is 1. The Balaban J connectivity index is 2.38. The van der Waals surface area contributed by atoms with Gasteiger partial charge in [0.1, 0.15) is 0 Å². The number of rotatable bonds is 6. The molecular formula is C14H19N3O3S. The number of aromatic amines is 1. The van der Waals surface area contributed by atoms with Crippen LogP contribution in [0.3, 0.4) is 0 Å². The van der Waals surface area contributed by atoms with Crippen LogP contribution in [0.15, 0.2) is 41.6 Å². The molecule has 0 saturated heterocycles. The second kappa shape index (κ2) is 6.38. The lowest BCUT2D eigenvalue weighted by atomic mass is 10.2. The van der Waals surface area contributed by atoms with Crippen LogP contribution in [0.2, 0.25) is 0 Å². The minimum Gasteiger partial charge on any atom is -0.392 e. The summed E-state index contributed by atoms with van der Waals surface area (Å²) in [7, 11) is -3.74. The molecule has 0 aliphatic heterocycles. The van der Waals surface area contributed by atoms with Crippen molar-refractivity contribution in [2.75, 3.05) is 0 Å². The lowest BCUT2D eigenvalue weighted by molar-refractivity contribution is 0.277. The van der Waals surface area contributed by atoms with Gasteiger partial charge in [0.2, 0.25) is 0 Å². The van der Waals surface area contributed by atoms with E-state index in [1.165, 1.54) is 10.5 Å². The predicted molar refractivity (Wildman–Crippen MR) is 78.8 cm³/mol. The molecular weight excluding hydrogens is 290 g/mol. The third-order valence-corrected chi connectivity index (χ3v) is 5.21. The van der Waals surface area contributed by atoms with Gasteiger partial charge in [-0.15, -0.1) is 0 Å². The summed E-state index contributed by atoms with van der Waals surface area (Å²) < 4.78 is 26.9. The molecule has 0 fully saturated rings. The molecule has 0 aliphatic carbocycles. The SMILES string of the molecule is CC(C)N(Cc1ccccc1)S(=O)(=O)c1[nH]ncc1CO. The Morgan fingerprint density at radius 3 is 2.52 bits per heavy atom. The zero-order valence-corrected chi connectivity index (χ0v) is 12.8. The van der Waals surface area contributed by atoms with Gasteiger partial charge in [-0.3, -0.25) is 5.10 Å². The molecule has 2 rings (SSSR count). The number of benzene rings is 1. The summed E-state index contributed by atoms with van der Waals surface area (Å²) >= 11 is 0. The molecule has 0 amide bonds. The Hall–Kier alpha value is -1.70. The van der Waals surface area contributed by atoms with Crippen molar-refractivity contribution in [1.82, 2.24) is 14.5 Å². The molecule has 0 unspecified atom stereocenters. The standard InChI is InChI=1S/C14H19N3O3S/c1-11(2)17(9-12-6-4-3-5-7-12)21(19,20)14-13(10-18)8-15-16-14/h3-8,11,18H,9-10H2,1-2H3,(H,15,16). The molecule has 0 radical (unpaired) electrons. The predicted octanol–water partition coefficient (Wildman–Crippen LogP) is 1.50. The molecule has 2 N–H and O–H groups in total. The number of nitrogens with one attached hydrogen (secondary N) is 1. The maximum atomic E-state index is 12.8. The summed E-state index contributed by atoms with van der Waals surface area (Å²) in [5.74, 6) is 0. The summed E-state index contributed by atoms with van der Waals surface area (Å²) in [4.78, 5) is 0. The number of aromatic nitrogens is 2. The Kier molecular flexibility index (Phi) is 4.76. The first-order valence-corrected chi connectivity index (χ1v) is 8.09. The van der Waals surface area contributed by atoms with Gasteiger partial charge >= 0.3 is 0 Å². The van der Waals surface area contributed by atoms with Crippen molar-refractivity contribution in [3.05, 3.63) is 47.7 Å². The Morgan fingerprint density at radius 2 is 1.95 bits per heavy atom. The fourth-order valence-electron chi connectivity index (χ4n) is 2.06. The van der Waals surface area contributed by atoms with Crippen LogP contribution in [0.25, 0.3) is 0 Å². The van der Waals surface area contributed by atoms with Gasteiger partial charge in [-0.25, -0.2) is 8.42 Å². The van der Waals surface area contributed by atoms with Crippen LogP contribution in [-0.4, -0.2) is 34.1 Å². The largest absolute Gasteiger partial charge is 0.392 e. The molecule has 114 valence electrons. The highest BCUT2D eigenvalue weighted by Gasteiger charge is 2.30. The van der Waals surface area contributed by atoms with Crippen molar-refractivity contribution < 1.29 is 13.5 Å². The van der Waals surface area contributed by atoms with Gasteiger partial charge in [0, 0.05) is 18.2 Å². The lowest BCUT2D eigenvalue weighted by Crippen LogP contribution is -2.37. The quantitative estimate of drug-likeness (QED) is 0.846. The normalized spacial score (nSPS) is 12.2. The van der Waals surface area contributed by atoms with Gasteiger partial charge in [-0.05, 0) is 19.4 Å². The van der Waals surface area contributed by atoms with Gasteiger partial charge in [0.25, 0.3) is 10.0 Å². The van der Waals surface area contributed by atoms with E-state index >= 15 is 0 Å². The molecule has 6 nitrogen and oxygen atoms in total. The molecule has 0 spiro atoms. The fraction of sp³-hybridized carbons (Fsp3) is 0.357. The van der Waals surface area contributed by atoms with Crippen LogP contribution in [0.4, 0.5) is 0 Å². The van der Waals surface area contributed by atoms with Gasteiger partial charge in [-0.2, -0.15) is 9.40 Å².